The van der Waals surface area contributed by atoms with Gasteiger partial charge in [0, 0.05) is 25.2 Å². The van der Waals surface area contributed by atoms with Gasteiger partial charge in [-0.25, -0.2) is 0 Å². The fourth-order valence-electron chi connectivity index (χ4n) is 2.39. The second kappa shape index (κ2) is 8.99. The number of carbonyl (C=O) groups excluding carboxylic acids is 1. The van der Waals surface area contributed by atoms with Gasteiger partial charge >= 0.3 is 0 Å². The normalized spacial score (nSPS) is 10.6. The van der Waals surface area contributed by atoms with E-state index in [9.17, 15) is 4.79 Å². The Bertz CT molecular complexity index is 591. The molecular formula is C20H26N2O. The van der Waals surface area contributed by atoms with Crippen LogP contribution in [-0.2, 0) is 11.2 Å². The number of hydrogen-bond acceptors (Lipinski definition) is 2. The summed E-state index contributed by atoms with van der Waals surface area (Å²) in [6, 6.07) is 18.6. The van der Waals surface area contributed by atoms with Gasteiger partial charge in [-0.2, -0.15) is 0 Å². The minimum absolute atomic E-state index is 0.0900. The Morgan fingerprint density at radius 1 is 0.957 bits per heavy atom. The molecule has 2 aromatic carbocycles. The molecule has 0 bridgehead atoms. The van der Waals surface area contributed by atoms with E-state index in [1.807, 2.05) is 18.2 Å². The molecule has 0 aromatic heterocycles. The standard InChI is InChI=1S/C20H26N2O/c1-16(2)18-8-10-19(11-9-18)21-15-13-20(23)22-14-12-17-6-4-3-5-7-17/h3-11,16,21H,12-15H2,1-2H3,(H,22,23). The van der Waals surface area contributed by atoms with E-state index < -0.39 is 0 Å². The highest BCUT2D eigenvalue weighted by molar-refractivity contribution is 5.76. The molecule has 0 aliphatic heterocycles. The molecule has 23 heavy (non-hydrogen) atoms. The zero-order valence-corrected chi connectivity index (χ0v) is 14.0. The first kappa shape index (κ1) is 17.1. The molecule has 0 aliphatic rings. The molecule has 0 aliphatic carbocycles. The van der Waals surface area contributed by atoms with Crippen LogP contribution in [0.4, 0.5) is 5.69 Å². The van der Waals surface area contributed by atoms with Gasteiger partial charge in [-0.05, 0) is 35.6 Å². The predicted molar refractivity (Wildman–Crippen MR) is 96.8 cm³/mol. The summed E-state index contributed by atoms with van der Waals surface area (Å²) >= 11 is 0. The molecule has 2 N–H and O–H groups in total. The Balaban J connectivity index is 1.62. The van der Waals surface area contributed by atoms with Gasteiger partial charge in [-0.3, -0.25) is 4.79 Å². The van der Waals surface area contributed by atoms with E-state index in [-0.39, 0.29) is 5.91 Å². The van der Waals surface area contributed by atoms with Crippen molar-refractivity contribution >= 4 is 11.6 Å². The third-order valence-electron chi connectivity index (χ3n) is 3.84. The monoisotopic (exact) mass is 310 g/mol. The van der Waals surface area contributed by atoms with Crippen LogP contribution in [0.3, 0.4) is 0 Å². The summed E-state index contributed by atoms with van der Waals surface area (Å²) in [5.41, 5.74) is 3.64. The molecule has 0 saturated heterocycles. The molecule has 0 atom stereocenters. The lowest BCUT2D eigenvalue weighted by atomic mass is 10.0. The third kappa shape index (κ3) is 6.15. The van der Waals surface area contributed by atoms with Crippen LogP contribution in [0.1, 0.15) is 37.3 Å². The van der Waals surface area contributed by atoms with E-state index in [0.717, 1.165) is 12.1 Å². The lowest BCUT2D eigenvalue weighted by Crippen LogP contribution is -2.27. The van der Waals surface area contributed by atoms with Gasteiger partial charge < -0.3 is 10.6 Å². The van der Waals surface area contributed by atoms with Crippen LogP contribution < -0.4 is 10.6 Å². The summed E-state index contributed by atoms with van der Waals surface area (Å²) in [5, 5.41) is 6.25. The van der Waals surface area contributed by atoms with Crippen molar-refractivity contribution in [1.29, 1.82) is 0 Å². The quantitative estimate of drug-likeness (QED) is 0.774. The number of hydrogen-bond donors (Lipinski definition) is 2. The SMILES string of the molecule is CC(C)c1ccc(NCCC(=O)NCCc2ccccc2)cc1. The van der Waals surface area contributed by atoms with E-state index in [4.69, 9.17) is 0 Å². The van der Waals surface area contributed by atoms with E-state index in [2.05, 4.69) is 60.9 Å². The summed E-state index contributed by atoms with van der Waals surface area (Å²) in [4.78, 5) is 11.8. The van der Waals surface area contributed by atoms with E-state index in [1.54, 1.807) is 0 Å². The predicted octanol–water partition coefficient (Wildman–Crippen LogP) is 3.97. The van der Waals surface area contributed by atoms with Crippen LogP contribution >= 0.6 is 0 Å². The Labute approximate surface area is 139 Å². The van der Waals surface area contributed by atoms with Crippen LogP contribution in [0.5, 0.6) is 0 Å². The smallest absolute Gasteiger partial charge is 0.221 e. The van der Waals surface area contributed by atoms with Crippen LogP contribution in [0.2, 0.25) is 0 Å². The van der Waals surface area contributed by atoms with Crippen LogP contribution in [0, 0.1) is 0 Å². The number of rotatable bonds is 8. The number of amides is 1. The first-order valence-corrected chi connectivity index (χ1v) is 8.29. The fourth-order valence-corrected chi connectivity index (χ4v) is 2.39. The highest BCUT2D eigenvalue weighted by Gasteiger charge is 2.02. The highest BCUT2D eigenvalue weighted by atomic mass is 16.1. The van der Waals surface area contributed by atoms with E-state index in [0.29, 0.717) is 25.4 Å². The van der Waals surface area contributed by atoms with Crippen molar-refractivity contribution in [2.45, 2.75) is 32.6 Å². The zero-order valence-electron chi connectivity index (χ0n) is 14.0. The van der Waals surface area contributed by atoms with Gasteiger partial charge in [-0.15, -0.1) is 0 Å². The topological polar surface area (TPSA) is 41.1 Å². The maximum Gasteiger partial charge on any atom is 0.221 e. The first-order valence-electron chi connectivity index (χ1n) is 8.29. The van der Waals surface area contributed by atoms with Crippen molar-refractivity contribution in [3.63, 3.8) is 0 Å². The largest absolute Gasteiger partial charge is 0.385 e. The Morgan fingerprint density at radius 3 is 2.30 bits per heavy atom. The van der Waals surface area contributed by atoms with Crippen molar-refractivity contribution < 1.29 is 4.79 Å². The van der Waals surface area contributed by atoms with Crippen LogP contribution in [-0.4, -0.2) is 19.0 Å². The van der Waals surface area contributed by atoms with Gasteiger partial charge in [0.2, 0.25) is 5.91 Å². The number of nitrogens with one attached hydrogen (secondary N) is 2. The van der Waals surface area contributed by atoms with Crippen molar-refractivity contribution in [3.05, 3.63) is 65.7 Å². The van der Waals surface area contributed by atoms with Gasteiger partial charge in [-0.1, -0.05) is 56.3 Å². The molecule has 2 rings (SSSR count). The minimum Gasteiger partial charge on any atom is -0.385 e. The van der Waals surface area contributed by atoms with Crippen molar-refractivity contribution in [3.8, 4) is 0 Å². The number of carbonyl (C=O) groups is 1. The molecular weight excluding hydrogens is 284 g/mol. The molecule has 0 fully saturated rings. The number of anilines is 1. The molecule has 2 aromatic rings. The Morgan fingerprint density at radius 2 is 1.65 bits per heavy atom. The maximum atomic E-state index is 11.8. The highest BCUT2D eigenvalue weighted by Crippen LogP contribution is 2.16. The maximum absolute atomic E-state index is 11.8. The molecule has 3 nitrogen and oxygen atoms in total. The molecule has 0 spiro atoms. The van der Waals surface area contributed by atoms with Crippen molar-refractivity contribution in [2.24, 2.45) is 0 Å². The molecule has 0 saturated carbocycles. The summed E-state index contributed by atoms with van der Waals surface area (Å²) < 4.78 is 0. The van der Waals surface area contributed by atoms with Crippen molar-refractivity contribution in [2.75, 3.05) is 18.4 Å². The second-order valence-electron chi connectivity index (χ2n) is 6.04. The molecule has 122 valence electrons. The lowest BCUT2D eigenvalue weighted by Gasteiger charge is -2.09. The summed E-state index contributed by atoms with van der Waals surface area (Å²) in [6.45, 7) is 5.70. The van der Waals surface area contributed by atoms with E-state index in [1.165, 1.54) is 11.1 Å². The van der Waals surface area contributed by atoms with Gasteiger partial charge in [0.25, 0.3) is 0 Å². The molecule has 0 unspecified atom stereocenters. The van der Waals surface area contributed by atoms with Crippen molar-refractivity contribution in [1.82, 2.24) is 5.32 Å². The number of benzene rings is 2. The van der Waals surface area contributed by atoms with Gasteiger partial charge in [0.15, 0.2) is 0 Å². The Hall–Kier alpha value is -2.29. The minimum atomic E-state index is 0.0900. The third-order valence-corrected chi connectivity index (χ3v) is 3.84. The molecule has 0 radical (unpaired) electrons. The lowest BCUT2D eigenvalue weighted by molar-refractivity contribution is -0.120. The first-order chi connectivity index (χ1) is 11.1. The average Bonchev–Trinajstić information content (AvgIpc) is 2.56. The van der Waals surface area contributed by atoms with E-state index >= 15 is 0 Å². The van der Waals surface area contributed by atoms with Gasteiger partial charge in [0.1, 0.15) is 0 Å². The fraction of sp³-hybridized carbons (Fsp3) is 0.350. The second-order valence-corrected chi connectivity index (χ2v) is 6.04. The zero-order chi connectivity index (χ0) is 16.5. The van der Waals surface area contributed by atoms with Crippen LogP contribution in [0.15, 0.2) is 54.6 Å². The Kier molecular flexibility index (Phi) is 6.67. The summed E-state index contributed by atoms with van der Waals surface area (Å²) in [5.74, 6) is 0.631. The summed E-state index contributed by atoms with van der Waals surface area (Å²) in [6.07, 6.45) is 1.36. The molecule has 1 amide bonds. The average molecular weight is 310 g/mol. The molecule has 0 heterocycles. The van der Waals surface area contributed by atoms with Gasteiger partial charge in [0.05, 0.1) is 0 Å². The molecule has 3 heteroatoms. The van der Waals surface area contributed by atoms with Crippen LogP contribution in [0.25, 0.3) is 0 Å². The summed E-state index contributed by atoms with van der Waals surface area (Å²) in [7, 11) is 0.